The van der Waals surface area contributed by atoms with E-state index in [9.17, 15) is 4.79 Å². The minimum absolute atomic E-state index is 0.178. The largest absolute Gasteiger partial charge is 0.494 e. The monoisotopic (exact) mass is 401 g/mol. The summed E-state index contributed by atoms with van der Waals surface area (Å²) >= 11 is 0. The summed E-state index contributed by atoms with van der Waals surface area (Å²) < 4.78 is 10.8. The molecule has 0 atom stereocenters. The van der Waals surface area contributed by atoms with Crippen LogP contribution in [-0.4, -0.2) is 39.5 Å². The Morgan fingerprint density at radius 1 is 0.862 bits per heavy atom. The van der Waals surface area contributed by atoms with E-state index < -0.39 is 5.97 Å². The third-order valence-electron chi connectivity index (χ3n) is 4.31. The van der Waals surface area contributed by atoms with Gasteiger partial charge in [-0.25, -0.2) is 4.79 Å². The lowest BCUT2D eigenvalue weighted by atomic mass is 10.2. The zero-order valence-electron chi connectivity index (χ0n) is 17.4. The average Bonchev–Trinajstić information content (AvgIpc) is 2.75. The first kappa shape index (κ1) is 22.5. The second-order valence-electron chi connectivity index (χ2n) is 6.82. The zero-order chi connectivity index (χ0) is 20.7. The molecule has 1 aromatic carbocycles. The van der Waals surface area contributed by atoms with E-state index >= 15 is 0 Å². The highest BCUT2D eigenvalue weighted by atomic mass is 16.5. The van der Waals surface area contributed by atoms with Gasteiger partial charge in [-0.15, -0.1) is 10.2 Å². The highest BCUT2D eigenvalue weighted by Crippen LogP contribution is 2.14. The molecular weight excluding hydrogens is 370 g/mol. The molecule has 1 heterocycles. The number of nitrogens with zero attached hydrogens (tertiary/aromatic N) is 4. The molecule has 1 N–H and O–H groups in total. The number of hydrogen-bond donors (Lipinski definition) is 1. The van der Waals surface area contributed by atoms with Gasteiger partial charge in [-0.05, 0) is 37.1 Å². The third kappa shape index (κ3) is 8.85. The summed E-state index contributed by atoms with van der Waals surface area (Å²) in [6.07, 6.45) is 9.19. The standard InChI is InChI=1S/C21H31N5O3/c1-3-5-7-9-15-22-20-23-25-21(26-24-20)29-19(27)17-11-13-18(14-12-17)28-16-10-8-6-4-2/h11-14H,3-10,15-16H2,1-2H3,(H,22,23,24). The Balaban J connectivity index is 1.74. The van der Waals surface area contributed by atoms with Crippen LogP contribution in [0, 0.1) is 0 Å². The van der Waals surface area contributed by atoms with Crippen LogP contribution in [0.3, 0.4) is 0 Å². The van der Waals surface area contributed by atoms with Crippen LogP contribution in [0.1, 0.15) is 75.6 Å². The van der Waals surface area contributed by atoms with Crippen molar-refractivity contribution in [2.24, 2.45) is 0 Å². The number of hydrogen-bond acceptors (Lipinski definition) is 8. The predicted octanol–water partition coefficient (Wildman–Crippen LogP) is 4.44. The number of aromatic nitrogens is 4. The molecule has 8 nitrogen and oxygen atoms in total. The number of esters is 1. The Morgan fingerprint density at radius 3 is 2.17 bits per heavy atom. The highest BCUT2D eigenvalue weighted by Gasteiger charge is 2.12. The van der Waals surface area contributed by atoms with E-state index in [1.807, 2.05) is 0 Å². The SMILES string of the molecule is CCCCCCNc1nnc(OC(=O)c2ccc(OCCCCCC)cc2)nn1. The lowest BCUT2D eigenvalue weighted by Crippen LogP contribution is -2.13. The molecule has 0 bridgehead atoms. The number of nitrogens with one attached hydrogen (secondary N) is 1. The molecule has 2 aromatic rings. The van der Waals surface area contributed by atoms with Crippen molar-refractivity contribution in [1.82, 2.24) is 20.4 Å². The minimum Gasteiger partial charge on any atom is -0.494 e. The summed E-state index contributed by atoms with van der Waals surface area (Å²) in [5, 5.41) is 18.4. The summed E-state index contributed by atoms with van der Waals surface area (Å²) in [7, 11) is 0. The minimum atomic E-state index is -0.566. The van der Waals surface area contributed by atoms with E-state index in [2.05, 4.69) is 39.6 Å². The fourth-order valence-electron chi connectivity index (χ4n) is 2.63. The van der Waals surface area contributed by atoms with Crippen LogP contribution in [0.5, 0.6) is 11.8 Å². The van der Waals surface area contributed by atoms with E-state index in [1.54, 1.807) is 24.3 Å². The molecule has 0 spiro atoms. The molecule has 0 saturated carbocycles. The quantitative estimate of drug-likeness (QED) is 0.366. The van der Waals surface area contributed by atoms with Crippen LogP contribution in [-0.2, 0) is 0 Å². The fraction of sp³-hybridized carbons (Fsp3) is 0.571. The first-order chi connectivity index (χ1) is 14.2. The molecule has 0 aliphatic heterocycles. The molecule has 8 heteroatoms. The van der Waals surface area contributed by atoms with Crippen molar-refractivity contribution < 1.29 is 14.3 Å². The molecule has 29 heavy (non-hydrogen) atoms. The van der Waals surface area contributed by atoms with Crippen molar-refractivity contribution in [2.75, 3.05) is 18.5 Å². The smallest absolute Gasteiger partial charge is 0.363 e. The molecule has 0 unspecified atom stereocenters. The van der Waals surface area contributed by atoms with Crippen LogP contribution in [0.4, 0.5) is 5.95 Å². The summed E-state index contributed by atoms with van der Waals surface area (Å²) in [6.45, 7) is 5.78. The van der Waals surface area contributed by atoms with E-state index in [0.29, 0.717) is 18.1 Å². The van der Waals surface area contributed by atoms with E-state index in [1.165, 1.54) is 25.7 Å². The van der Waals surface area contributed by atoms with Gasteiger partial charge >= 0.3 is 12.0 Å². The topological polar surface area (TPSA) is 99.1 Å². The Morgan fingerprint density at radius 2 is 1.52 bits per heavy atom. The molecule has 2 rings (SSSR count). The number of ether oxygens (including phenoxy) is 2. The van der Waals surface area contributed by atoms with Gasteiger partial charge in [0.05, 0.1) is 12.2 Å². The van der Waals surface area contributed by atoms with Gasteiger partial charge in [0.2, 0.25) is 0 Å². The maximum Gasteiger partial charge on any atom is 0.363 e. The zero-order valence-corrected chi connectivity index (χ0v) is 17.4. The van der Waals surface area contributed by atoms with Gasteiger partial charge in [-0.3, -0.25) is 0 Å². The number of carbonyl (C=O) groups excluding carboxylic acids is 1. The van der Waals surface area contributed by atoms with E-state index in [4.69, 9.17) is 9.47 Å². The molecule has 0 saturated heterocycles. The average molecular weight is 402 g/mol. The van der Waals surface area contributed by atoms with Crippen LogP contribution >= 0.6 is 0 Å². The summed E-state index contributed by atoms with van der Waals surface area (Å²) in [5.41, 5.74) is 0.380. The van der Waals surface area contributed by atoms with Crippen LogP contribution in [0.25, 0.3) is 0 Å². The Labute approximate surface area is 172 Å². The normalized spacial score (nSPS) is 10.6. The van der Waals surface area contributed by atoms with Gasteiger partial charge in [0.25, 0.3) is 5.95 Å². The molecule has 0 radical (unpaired) electrons. The van der Waals surface area contributed by atoms with Crippen molar-refractivity contribution in [3.8, 4) is 11.8 Å². The van der Waals surface area contributed by atoms with Crippen LogP contribution in [0.15, 0.2) is 24.3 Å². The van der Waals surface area contributed by atoms with Crippen LogP contribution < -0.4 is 14.8 Å². The molecule has 0 aliphatic rings. The van der Waals surface area contributed by atoms with Gasteiger partial charge < -0.3 is 14.8 Å². The van der Waals surface area contributed by atoms with Crippen molar-refractivity contribution >= 4 is 11.9 Å². The summed E-state index contributed by atoms with van der Waals surface area (Å²) in [6, 6.07) is 6.62. The second kappa shape index (κ2) is 13.4. The van der Waals surface area contributed by atoms with Gasteiger partial charge in [0.15, 0.2) is 0 Å². The first-order valence-corrected chi connectivity index (χ1v) is 10.5. The van der Waals surface area contributed by atoms with Crippen molar-refractivity contribution in [3.63, 3.8) is 0 Å². The van der Waals surface area contributed by atoms with Gasteiger partial charge in [-0.2, -0.15) is 0 Å². The number of benzene rings is 1. The molecule has 0 amide bonds. The maximum absolute atomic E-state index is 12.2. The van der Waals surface area contributed by atoms with Crippen molar-refractivity contribution in [2.45, 2.75) is 65.2 Å². The molecule has 0 fully saturated rings. The van der Waals surface area contributed by atoms with E-state index in [0.717, 1.165) is 38.0 Å². The number of anilines is 1. The summed E-state index contributed by atoms with van der Waals surface area (Å²) in [4.78, 5) is 12.2. The van der Waals surface area contributed by atoms with Gasteiger partial charge in [0, 0.05) is 6.54 Å². The first-order valence-electron chi connectivity index (χ1n) is 10.5. The molecular formula is C21H31N5O3. The molecule has 158 valence electrons. The number of carbonyl (C=O) groups is 1. The molecule has 0 aliphatic carbocycles. The van der Waals surface area contributed by atoms with Gasteiger partial charge in [-0.1, -0.05) is 62.6 Å². The summed E-state index contributed by atoms with van der Waals surface area (Å²) in [5.74, 6) is 0.483. The van der Waals surface area contributed by atoms with Crippen molar-refractivity contribution in [3.05, 3.63) is 29.8 Å². The Kier molecular flexibility index (Phi) is 10.4. The Hall–Kier alpha value is -2.77. The third-order valence-corrected chi connectivity index (χ3v) is 4.31. The van der Waals surface area contributed by atoms with Crippen LogP contribution in [0.2, 0.25) is 0 Å². The van der Waals surface area contributed by atoms with E-state index in [-0.39, 0.29) is 6.01 Å². The highest BCUT2D eigenvalue weighted by molar-refractivity contribution is 5.90. The Bertz CT molecular complexity index is 707. The number of unbranched alkanes of at least 4 members (excludes halogenated alkanes) is 6. The fourth-order valence-corrected chi connectivity index (χ4v) is 2.63. The van der Waals surface area contributed by atoms with Crippen molar-refractivity contribution in [1.29, 1.82) is 0 Å². The van der Waals surface area contributed by atoms with Gasteiger partial charge in [0.1, 0.15) is 5.75 Å². The predicted molar refractivity (Wildman–Crippen MR) is 111 cm³/mol. The lowest BCUT2D eigenvalue weighted by Gasteiger charge is -2.07. The number of rotatable bonds is 14. The maximum atomic E-state index is 12.2. The lowest BCUT2D eigenvalue weighted by molar-refractivity contribution is 0.0715. The molecule has 1 aromatic heterocycles. The second-order valence-corrected chi connectivity index (χ2v) is 6.82.